The minimum atomic E-state index is -1.02. The number of thiazole rings is 1. The van der Waals surface area contributed by atoms with E-state index in [9.17, 15) is 4.79 Å². The monoisotopic (exact) mass is 229 g/mol. The number of hydrogen-bond donors (Lipinski definition) is 1. The fourth-order valence-corrected chi connectivity index (χ4v) is 2.15. The van der Waals surface area contributed by atoms with E-state index >= 15 is 0 Å². The van der Waals surface area contributed by atoms with Crippen LogP contribution in [0.4, 0.5) is 0 Å². The molecule has 2 rings (SSSR count). The molecule has 5 nitrogen and oxygen atoms in total. The van der Waals surface area contributed by atoms with Crippen molar-refractivity contribution in [3.05, 3.63) is 16.1 Å². The van der Waals surface area contributed by atoms with Crippen molar-refractivity contribution in [3.8, 4) is 0 Å². The Morgan fingerprint density at radius 2 is 2.47 bits per heavy atom. The largest absolute Gasteiger partial charge is 0.476 e. The van der Waals surface area contributed by atoms with E-state index in [0.29, 0.717) is 11.6 Å². The molecule has 0 unspecified atom stereocenters. The zero-order valence-electron chi connectivity index (χ0n) is 8.39. The van der Waals surface area contributed by atoms with E-state index in [0.717, 1.165) is 0 Å². The van der Waals surface area contributed by atoms with Crippen LogP contribution in [-0.2, 0) is 9.47 Å². The smallest absolute Gasteiger partial charge is 0.355 e. The molecule has 0 aliphatic carbocycles. The van der Waals surface area contributed by atoms with Gasteiger partial charge in [0.1, 0.15) is 11.1 Å². The summed E-state index contributed by atoms with van der Waals surface area (Å²) < 4.78 is 10.9. The Morgan fingerprint density at radius 3 is 2.93 bits per heavy atom. The number of aromatic carboxylic acids is 1. The first kappa shape index (κ1) is 10.5. The van der Waals surface area contributed by atoms with Crippen LogP contribution in [0.2, 0.25) is 0 Å². The number of carbonyl (C=O) groups is 1. The van der Waals surface area contributed by atoms with Gasteiger partial charge in [-0.3, -0.25) is 0 Å². The molecule has 1 atom stereocenters. The molecule has 15 heavy (non-hydrogen) atoms. The van der Waals surface area contributed by atoms with Gasteiger partial charge in [0.25, 0.3) is 0 Å². The number of carboxylic acids is 1. The third-order valence-corrected chi connectivity index (χ3v) is 2.96. The van der Waals surface area contributed by atoms with Gasteiger partial charge in [-0.2, -0.15) is 0 Å². The molecule has 1 aliphatic rings. The van der Waals surface area contributed by atoms with Crippen molar-refractivity contribution in [2.45, 2.75) is 25.7 Å². The molecule has 6 heteroatoms. The van der Waals surface area contributed by atoms with Crippen molar-refractivity contribution >= 4 is 17.3 Å². The zero-order chi connectivity index (χ0) is 11.1. The Morgan fingerprint density at radius 1 is 1.73 bits per heavy atom. The lowest BCUT2D eigenvalue weighted by molar-refractivity contribution is -0.139. The number of ether oxygens (including phenoxy) is 2. The maximum atomic E-state index is 10.6. The first-order chi connectivity index (χ1) is 6.98. The Hall–Kier alpha value is -0.980. The number of hydrogen-bond acceptors (Lipinski definition) is 5. The number of nitrogens with zero attached hydrogens (tertiary/aromatic N) is 1. The predicted octanol–water partition coefficient (Wildman–Crippen LogP) is 1.67. The van der Waals surface area contributed by atoms with Gasteiger partial charge in [0.2, 0.25) is 0 Å². The van der Waals surface area contributed by atoms with Crippen LogP contribution in [0.5, 0.6) is 0 Å². The number of aromatic nitrogens is 1. The van der Waals surface area contributed by atoms with Crippen molar-refractivity contribution in [1.82, 2.24) is 4.98 Å². The first-order valence-electron chi connectivity index (χ1n) is 4.48. The van der Waals surface area contributed by atoms with E-state index in [1.54, 1.807) is 0 Å². The average Bonchev–Trinajstić information content (AvgIpc) is 2.70. The Bertz CT molecular complexity index is 387. The van der Waals surface area contributed by atoms with E-state index in [-0.39, 0.29) is 11.8 Å². The van der Waals surface area contributed by atoms with Crippen LogP contribution < -0.4 is 0 Å². The van der Waals surface area contributed by atoms with Gasteiger partial charge in [0, 0.05) is 5.38 Å². The highest BCUT2D eigenvalue weighted by atomic mass is 32.1. The summed E-state index contributed by atoms with van der Waals surface area (Å²) in [5, 5.41) is 10.9. The summed E-state index contributed by atoms with van der Waals surface area (Å²) in [6.45, 7) is 4.05. The second kappa shape index (κ2) is 3.55. The van der Waals surface area contributed by atoms with Gasteiger partial charge in [-0.05, 0) is 13.8 Å². The standard InChI is InChI=1S/C9H11NO4S/c1-9(2)13-3-6(14-9)7-10-5(4-15-7)8(11)12/h4,6H,3H2,1-2H3,(H,11,12)/t6-/m1/s1. The molecule has 0 saturated carbocycles. The van der Waals surface area contributed by atoms with Gasteiger partial charge in [-0.25, -0.2) is 9.78 Å². The quantitative estimate of drug-likeness (QED) is 0.835. The maximum Gasteiger partial charge on any atom is 0.355 e. The van der Waals surface area contributed by atoms with Gasteiger partial charge in [0.05, 0.1) is 6.61 Å². The predicted molar refractivity (Wildman–Crippen MR) is 52.9 cm³/mol. The van der Waals surface area contributed by atoms with Crippen LogP contribution in [0, 0.1) is 0 Å². The van der Waals surface area contributed by atoms with Crippen molar-refractivity contribution in [3.63, 3.8) is 0 Å². The minimum absolute atomic E-state index is 0.0586. The molecule has 0 amide bonds. The van der Waals surface area contributed by atoms with Crippen molar-refractivity contribution in [2.24, 2.45) is 0 Å². The highest BCUT2D eigenvalue weighted by Gasteiger charge is 2.35. The Labute approximate surface area is 90.7 Å². The van der Waals surface area contributed by atoms with Crippen LogP contribution in [0.1, 0.15) is 35.4 Å². The molecule has 1 aromatic rings. The van der Waals surface area contributed by atoms with Crippen LogP contribution in [0.25, 0.3) is 0 Å². The maximum absolute atomic E-state index is 10.6. The van der Waals surface area contributed by atoms with E-state index < -0.39 is 11.8 Å². The molecule has 1 aliphatic heterocycles. The molecule has 1 saturated heterocycles. The van der Waals surface area contributed by atoms with Crippen molar-refractivity contribution in [2.75, 3.05) is 6.61 Å². The third kappa shape index (κ3) is 2.17. The summed E-state index contributed by atoms with van der Waals surface area (Å²) >= 11 is 1.28. The summed E-state index contributed by atoms with van der Waals surface area (Å²) in [6.07, 6.45) is -0.252. The topological polar surface area (TPSA) is 68.7 Å². The second-order valence-electron chi connectivity index (χ2n) is 3.69. The molecule has 0 aromatic carbocycles. The fourth-order valence-electron chi connectivity index (χ4n) is 1.34. The second-order valence-corrected chi connectivity index (χ2v) is 4.58. The Kier molecular flexibility index (Phi) is 2.49. The highest BCUT2D eigenvalue weighted by Crippen LogP contribution is 2.34. The highest BCUT2D eigenvalue weighted by molar-refractivity contribution is 7.09. The van der Waals surface area contributed by atoms with E-state index in [4.69, 9.17) is 14.6 Å². The lowest BCUT2D eigenvalue weighted by Crippen LogP contribution is -2.19. The van der Waals surface area contributed by atoms with Crippen LogP contribution in [-0.4, -0.2) is 28.5 Å². The summed E-state index contributed by atoms with van der Waals surface area (Å²) in [5.41, 5.74) is 0.0586. The third-order valence-electron chi connectivity index (χ3n) is 2.02. The lowest BCUT2D eigenvalue weighted by atomic mass is 10.4. The van der Waals surface area contributed by atoms with Gasteiger partial charge in [-0.15, -0.1) is 11.3 Å². The molecule has 0 bridgehead atoms. The summed E-state index contributed by atoms with van der Waals surface area (Å²) in [4.78, 5) is 14.6. The molecule has 1 fully saturated rings. The average molecular weight is 229 g/mol. The van der Waals surface area contributed by atoms with Crippen LogP contribution in [0.3, 0.4) is 0 Å². The van der Waals surface area contributed by atoms with Gasteiger partial charge in [0.15, 0.2) is 11.5 Å². The molecule has 2 heterocycles. The van der Waals surface area contributed by atoms with Crippen LogP contribution in [0.15, 0.2) is 5.38 Å². The van der Waals surface area contributed by atoms with E-state index in [2.05, 4.69) is 4.98 Å². The van der Waals surface area contributed by atoms with Gasteiger partial charge in [-0.1, -0.05) is 0 Å². The molecule has 0 radical (unpaired) electrons. The van der Waals surface area contributed by atoms with Crippen molar-refractivity contribution in [1.29, 1.82) is 0 Å². The van der Waals surface area contributed by atoms with E-state index in [1.807, 2.05) is 13.8 Å². The fraction of sp³-hybridized carbons (Fsp3) is 0.556. The zero-order valence-corrected chi connectivity index (χ0v) is 9.21. The van der Waals surface area contributed by atoms with Gasteiger partial charge < -0.3 is 14.6 Å². The van der Waals surface area contributed by atoms with Gasteiger partial charge >= 0.3 is 5.97 Å². The summed E-state index contributed by atoms with van der Waals surface area (Å²) in [6, 6.07) is 0. The molecule has 0 spiro atoms. The molecule has 82 valence electrons. The molecule has 1 aromatic heterocycles. The SMILES string of the molecule is CC1(C)OC[C@H](c2nc(C(=O)O)cs2)O1. The Balaban J connectivity index is 2.14. The number of carboxylic acid groups (broad SMARTS) is 1. The number of rotatable bonds is 2. The molecule has 1 N–H and O–H groups in total. The molecular weight excluding hydrogens is 218 g/mol. The first-order valence-corrected chi connectivity index (χ1v) is 5.36. The minimum Gasteiger partial charge on any atom is -0.476 e. The van der Waals surface area contributed by atoms with Crippen molar-refractivity contribution < 1.29 is 19.4 Å². The lowest BCUT2D eigenvalue weighted by Gasteiger charge is -2.15. The van der Waals surface area contributed by atoms with E-state index in [1.165, 1.54) is 16.7 Å². The molecular formula is C9H11NO4S. The summed E-state index contributed by atoms with van der Waals surface area (Å²) in [7, 11) is 0. The summed E-state index contributed by atoms with van der Waals surface area (Å²) in [5.74, 6) is -1.63. The normalized spacial score (nSPS) is 24.3. The van der Waals surface area contributed by atoms with Crippen LogP contribution >= 0.6 is 11.3 Å².